The maximum absolute atomic E-state index is 12.5. The third-order valence-corrected chi connectivity index (χ3v) is 5.26. The van der Waals surface area contributed by atoms with Crippen molar-refractivity contribution < 1.29 is 14.3 Å². The number of piperazine rings is 1. The minimum Gasteiger partial charge on any atom is -0.486 e. The molecule has 34 heavy (non-hydrogen) atoms. The Hall–Kier alpha value is -3.66. The van der Waals surface area contributed by atoms with Crippen molar-refractivity contribution in [2.45, 2.75) is 6.61 Å². The highest BCUT2D eigenvalue weighted by Gasteiger charge is 2.23. The molecule has 0 atom stereocenters. The number of aromatic nitrogens is 2. The molecule has 9 nitrogen and oxygen atoms in total. The first kappa shape index (κ1) is 25.0. The quantitative estimate of drug-likeness (QED) is 0.292. The Morgan fingerprint density at radius 3 is 2.44 bits per heavy atom. The van der Waals surface area contributed by atoms with Crippen LogP contribution >= 0.6 is 15.9 Å². The molecule has 2 aromatic rings. The number of hydrogen-bond donors (Lipinski definition) is 2. The Morgan fingerprint density at radius 1 is 1.15 bits per heavy atom. The number of amides is 2. The van der Waals surface area contributed by atoms with Gasteiger partial charge in [0.05, 0.1) is 23.5 Å². The van der Waals surface area contributed by atoms with Gasteiger partial charge in [0.25, 0.3) is 5.91 Å². The number of hydrogen-bond acceptors (Lipinski definition) is 7. The molecule has 0 unspecified atom stereocenters. The Balaban J connectivity index is 1.45. The van der Waals surface area contributed by atoms with Crippen molar-refractivity contribution >= 4 is 33.7 Å². The SMILES string of the molecule is C=C/C=C(\C=C(/N)Br)C(=O)NCC(=O)N1CCN(c2ncc(OCc3ccccc3)cn2)CC1. The van der Waals surface area contributed by atoms with Crippen LogP contribution in [0.1, 0.15) is 5.56 Å². The number of halogens is 1. The standard InChI is InChI=1S/C24H27BrN6O3/c1-2-6-19(13-21(25)26)23(33)27-16-22(32)30-9-11-31(12-10-30)24-28-14-20(15-29-24)34-17-18-7-4-3-5-8-18/h2-8,13-15H,1,9-12,16-17,26H2,(H,27,33)/b19-6+,21-13-. The van der Waals surface area contributed by atoms with E-state index in [4.69, 9.17) is 10.5 Å². The number of nitrogens with one attached hydrogen (secondary N) is 1. The molecule has 1 aliphatic heterocycles. The average Bonchev–Trinajstić information content (AvgIpc) is 2.86. The fraction of sp³-hybridized carbons (Fsp3) is 0.250. The number of carbonyl (C=O) groups excluding carboxylic acids is 2. The summed E-state index contributed by atoms with van der Waals surface area (Å²) in [7, 11) is 0. The fourth-order valence-electron chi connectivity index (χ4n) is 3.28. The molecule has 3 N–H and O–H groups in total. The highest BCUT2D eigenvalue weighted by molar-refractivity contribution is 9.11. The number of anilines is 1. The Kier molecular flexibility index (Phi) is 9.21. The van der Waals surface area contributed by atoms with Crippen LogP contribution in [0.3, 0.4) is 0 Å². The molecule has 1 saturated heterocycles. The number of nitrogens with two attached hydrogens (primary N) is 1. The Bertz CT molecular complexity index is 1040. The molecule has 10 heteroatoms. The highest BCUT2D eigenvalue weighted by atomic mass is 79.9. The van der Waals surface area contributed by atoms with Crippen LogP contribution in [0.4, 0.5) is 5.95 Å². The van der Waals surface area contributed by atoms with Crippen molar-refractivity contribution in [2.75, 3.05) is 37.6 Å². The summed E-state index contributed by atoms with van der Waals surface area (Å²) in [4.78, 5) is 37.4. The van der Waals surface area contributed by atoms with Crippen molar-refractivity contribution in [1.82, 2.24) is 20.2 Å². The van der Waals surface area contributed by atoms with Crippen molar-refractivity contribution in [1.29, 1.82) is 0 Å². The molecule has 2 heterocycles. The van der Waals surface area contributed by atoms with Gasteiger partial charge in [0.2, 0.25) is 11.9 Å². The fourth-order valence-corrected chi connectivity index (χ4v) is 3.53. The van der Waals surface area contributed by atoms with Gasteiger partial charge >= 0.3 is 0 Å². The summed E-state index contributed by atoms with van der Waals surface area (Å²) in [6, 6.07) is 9.88. The van der Waals surface area contributed by atoms with Crippen LogP contribution in [0.15, 0.2) is 77.7 Å². The van der Waals surface area contributed by atoms with Gasteiger partial charge in [-0.1, -0.05) is 43.0 Å². The van der Waals surface area contributed by atoms with Crippen LogP contribution in [0.5, 0.6) is 5.75 Å². The first-order valence-corrected chi connectivity index (χ1v) is 11.5. The molecule has 1 aromatic heterocycles. The topological polar surface area (TPSA) is 114 Å². The van der Waals surface area contributed by atoms with E-state index in [1.165, 1.54) is 18.2 Å². The lowest BCUT2D eigenvalue weighted by molar-refractivity contribution is -0.132. The minimum absolute atomic E-state index is 0.104. The zero-order chi connectivity index (χ0) is 24.3. The maximum Gasteiger partial charge on any atom is 0.251 e. The summed E-state index contributed by atoms with van der Waals surface area (Å²) in [5, 5.41) is 2.62. The average molecular weight is 527 g/mol. The van der Waals surface area contributed by atoms with E-state index in [9.17, 15) is 9.59 Å². The molecule has 0 radical (unpaired) electrons. The van der Waals surface area contributed by atoms with Crippen molar-refractivity contribution in [3.05, 3.63) is 83.3 Å². The van der Waals surface area contributed by atoms with E-state index in [1.54, 1.807) is 17.3 Å². The first-order valence-electron chi connectivity index (χ1n) is 10.7. The molecule has 0 saturated carbocycles. The van der Waals surface area contributed by atoms with Gasteiger partial charge in [-0.2, -0.15) is 0 Å². The zero-order valence-electron chi connectivity index (χ0n) is 18.7. The van der Waals surface area contributed by atoms with Gasteiger partial charge in [-0.05, 0) is 33.6 Å². The number of ether oxygens (including phenoxy) is 1. The molecule has 1 aromatic carbocycles. The van der Waals surface area contributed by atoms with Gasteiger partial charge in [0.1, 0.15) is 6.61 Å². The second-order valence-electron chi connectivity index (χ2n) is 7.43. The van der Waals surface area contributed by atoms with Gasteiger partial charge in [-0.3, -0.25) is 9.59 Å². The van der Waals surface area contributed by atoms with Crippen LogP contribution in [0, 0.1) is 0 Å². The van der Waals surface area contributed by atoms with Crippen LogP contribution in [0.25, 0.3) is 0 Å². The van der Waals surface area contributed by atoms with Gasteiger partial charge in [-0.25, -0.2) is 9.97 Å². The largest absolute Gasteiger partial charge is 0.486 e. The summed E-state index contributed by atoms with van der Waals surface area (Å²) >= 11 is 3.09. The predicted molar refractivity (Wildman–Crippen MR) is 134 cm³/mol. The van der Waals surface area contributed by atoms with Gasteiger partial charge in [0.15, 0.2) is 5.75 Å². The van der Waals surface area contributed by atoms with E-state index in [0.29, 0.717) is 54.7 Å². The molecule has 0 bridgehead atoms. The lowest BCUT2D eigenvalue weighted by Crippen LogP contribution is -2.51. The third kappa shape index (κ3) is 7.45. The van der Waals surface area contributed by atoms with E-state index in [2.05, 4.69) is 37.8 Å². The van der Waals surface area contributed by atoms with E-state index in [1.807, 2.05) is 35.2 Å². The molecular formula is C24H27BrN6O3. The van der Waals surface area contributed by atoms with Crippen molar-refractivity contribution in [3.63, 3.8) is 0 Å². The summed E-state index contributed by atoms with van der Waals surface area (Å²) in [5.41, 5.74) is 6.94. The van der Waals surface area contributed by atoms with Crippen molar-refractivity contribution in [2.24, 2.45) is 5.73 Å². The molecule has 0 spiro atoms. The zero-order valence-corrected chi connectivity index (χ0v) is 20.3. The minimum atomic E-state index is -0.405. The van der Waals surface area contributed by atoms with Crippen LogP contribution in [0.2, 0.25) is 0 Å². The van der Waals surface area contributed by atoms with Gasteiger partial charge in [-0.15, -0.1) is 0 Å². The van der Waals surface area contributed by atoms with E-state index < -0.39 is 5.91 Å². The van der Waals surface area contributed by atoms with Gasteiger partial charge < -0.3 is 25.6 Å². The lowest BCUT2D eigenvalue weighted by Gasteiger charge is -2.34. The number of rotatable bonds is 9. The molecule has 2 amide bonds. The number of carbonyl (C=O) groups is 2. The van der Waals surface area contributed by atoms with E-state index in [-0.39, 0.29) is 12.5 Å². The summed E-state index contributed by atoms with van der Waals surface area (Å²) in [6.07, 6.45) is 7.76. The summed E-state index contributed by atoms with van der Waals surface area (Å²) in [5.74, 6) is 0.619. The molecule has 0 aliphatic carbocycles. The first-order chi connectivity index (χ1) is 16.5. The Morgan fingerprint density at radius 2 is 1.82 bits per heavy atom. The van der Waals surface area contributed by atoms with Crippen LogP contribution < -0.4 is 20.7 Å². The third-order valence-electron chi connectivity index (χ3n) is 5.03. The predicted octanol–water partition coefficient (Wildman–Crippen LogP) is 2.13. The number of benzene rings is 1. The summed E-state index contributed by atoms with van der Waals surface area (Å²) < 4.78 is 6.03. The summed E-state index contributed by atoms with van der Waals surface area (Å²) in [6.45, 7) is 6.12. The molecular weight excluding hydrogens is 500 g/mol. The highest BCUT2D eigenvalue weighted by Crippen LogP contribution is 2.15. The molecule has 1 aliphatic rings. The van der Waals surface area contributed by atoms with E-state index in [0.717, 1.165) is 5.56 Å². The second kappa shape index (κ2) is 12.5. The maximum atomic E-state index is 12.5. The monoisotopic (exact) mass is 526 g/mol. The number of allylic oxidation sites excluding steroid dienone is 2. The molecule has 1 fully saturated rings. The van der Waals surface area contributed by atoms with Crippen LogP contribution in [-0.2, 0) is 16.2 Å². The molecule has 3 rings (SSSR count). The smallest absolute Gasteiger partial charge is 0.251 e. The van der Waals surface area contributed by atoms with Crippen LogP contribution in [-0.4, -0.2) is 59.4 Å². The normalized spacial score (nSPS) is 14.5. The lowest BCUT2D eigenvalue weighted by atomic mass is 10.2. The Labute approximate surface area is 207 Å². The van der Waals surface area contributed by atoms with Gasteiger partial charge in [0, 0.05) is 31.8 Å². The molecule has 178 valence electrons. The number of nitrogens with zero attached hydrogens (tertiary/aromatic N) is 4. The second-order valence-corrected chi connectivity index (χ2v) is 8.35. The van der Waals surface area contributed by atoms with E-state index >= 15 is 0 Å². The van der Waals surface area contributed by atoms with Crippen molar-refractivity contribution in [3.8, 4) is 5.75 Å².